The number of thioether (sulfide) groups is 1. The van der Waals surface area contributed by atoms with Crippen molar-refractivity contribution in [2.75, 3.05) is 18.9 Å². The van der Waals surface area contributed by atoms with E-state index in [0.717, 1.165) is 38.0 Å². The summed E-state index contributed by atoms with van der Waals surface area (Å²) in [6.07, 6.45) is 3.05. The van der Waals surface area contributed by atoms with Crippen molar-refractivity contribution in [3.63, 3.8) is 0 Å². The lowest BCUT2D eigenvalue weighted by atomic mass is 10.1. The first-order chi connectivity index (χ1) is 15.2. The molecule has 1 atom stereocenters. The molecule has 2 aliphatic rings. The molecular weight excluding hydrogens is 435 g/mol. The van der Waals surface area contributed by atoms with E-state index in [9.17, 15) is 9.18 Å². The molecule has 31 heavy (non-hydrogen) atoms. The Morgan fingerprint density at radius 1 is 1.26 bits per heavy atom. The van der Waals surface area contributed by atoms with Gasteiger partial charge in [0.1, 0.15) is 5.82 Å². The van der Waals surface area contributed by atoms with Gasteiger partial charge in [0.2, 0.25) is 5.91 Å². The third-order valence-electron chi connectivity index (χ3n) is 5.71. The molecule has 5 rings (SSSR count). The number of benzene rings is 1. The van der Waals surface area contributed by atoms with Gasteiger partial charge in [-0.05, 0) is 60.5 Å². The van der Waals surface area contributed by atoms with E-state index in [-0.39, 0.29) is 17.8 Å². The fraction of sp³-hybridized carbons (Fsp3) is 0.409. The normalized spacial score (nSPS) is 18.4. The number of amides is 1. The first-order valence-corrected chi connectivity index (χ1v) is 12.3. The molecule has 1 aromatic carbocycles. The van der Waals surface area contributed by atoms with Crippen molar-refractivity contribution in [2.24, 2.45) is 0 Å². The van der Waals surface area contributed by atoms with Crippen LogP contribution >= 0.6 is 23.1 Å². The number of rotatable bonds is 6. The van der Waals surface area contributed by atoms with Crippen molar-refractivity contribution in [3.05, 3.63) is 52.0 Å². The summed E-state index contributed by atoms with van der Waals surface area (Å²) in [5, 5.41) is 11.5. The lowest BCUT2D eigenvalue weighted by molar-refractivity contribution is -0.129. The number of nitrogens with zero attached hydrogens (tertiary/aromatic N) is 4. The number of ether oxygens (including phenoxy) is 1. The fourth-order valence-corrected chi connectivity index (χ4v) is 5.78. The highest BCUT2D eigenvalue weighted by molar-refractivity contribution is 7.99. The third-order valence-corrected chi connectivity index (χ3v) is 7.69. The van der Waals surface area contributed by atoms with Gasteiger partial charge in [0.25, 0.3) is 0 Å². The zero-order valence-electron chi connectivity index (χ0n) is 17.0. The Hall–Kier alpha value is -2.23. The minimum absolute atomic E-state index is 0.101. The summed E-state index contributed by atoms with van der Waals surface area (Å²) in [6.45, 7) is 2.83. The number of thiophene rings is 1. The number of carbonyl (C=O) groups excluding carboxylic acids is 1. The number of carbonyl (C=O) groups is 1. The van der Waals surface area contributed by atoms with Crippen molar-refractivity contribution in [3.8, 4) is 11.4 Å². The van der Waals surface area contributed by atoms with Crippen LogP contribution in [0.4, 0.5) is 4.39 Å². The van der Waals surface area contributed by atoms with Gasteiger partial charge in [-0.15, -0.1) is 21.5 Å². The summed E-state index contributed by atoms with van der Waals surface area (Å²) in [7, 11) is 0. The molecule has 0 unspecified atom stereocenters. The zero-order chi connectivity index (χ0) is 21.2. The molecule has 0 saturated carbocycles. The molecule has 1 amide bonds. The monoisotopic (exact) mass is 458 g/mol. The summed E-state index contributed by atoms with van der Waals surface area (Å²) in [5.74, 6) is 0.805. The van der Waals surface area contributed by atoms with E-state index in [1.54, 1.807) is 23.5 Å². The Labute approximate surface area is 188 Å². The maximum absolute atomic E-state index is 13.4. The van der Waals surface area contributed by atoms with Gasteiger partial charge in [-0.1, -0.05) is 11.8 Å². The zero-order valence-corrected chi connectivity index (χ0v) is 18.6. The fourth-order valence-electron chi connectivity index (χ4n) is 4.04. The van der Waals surface area contributed by atoms with Gasteiger partial charge < -0.3 is 9.64 Å². The second-order valence-corrected chi connectivity index (χ2v) is 9.72. The van der Waals surface area contributed by atoms with E-state index in [1.807, 2.05) is 9.47 Å². The quantitative estimate of drug-likeness (QED) is 0.523. The second-order valence-electron chi connectivity index (χ2n) is 7.78. The van der Waals surface area contributed by atoms with Crippen molar-refractivity contribution in [1.82, 2.24) is 19.7 Å². The molecule has 9 heteroatoms. The predicted molar refractivity (Wildman–Crippen MR) is 119 cm³/mol. The average molecular weight is 459 g/mol. The second kappa shape index (κ2) is 9.10. The lowest BCUT2D eigenvalue weighted by Gasteiger charge is -2.26. The molecule has 1 fully saturated rings. The SMILES string of the molecule is O=C(CSc1nnc(-c2ccc(F)cc2)n1C[C@@H]1CCCO1)N1CCc2sccc2C1. The first kappa shape index (κ1) is 20.7. The van der Waals surface area contributed by atoms with Crippen LogP contribution in [-0.2, 0) is 29.0 Å². The predicted octanol–water partition coefficient (Wildman–Crippen LogP) is 4.00. The highest BCUT2D eigenvalue weighted by Crippen LogP contribution is 2.28. The van der Waals surface area contributed by atoms with Crippen LogP contribution in [0.3, 0.4) is 0 Å². The summed E-state index contributed by atoms with van der Waals surface area (Å²) in [5.41, 5.74) is 2.06. The minimum atomic E-state index is -0.288. The maximum atomic E-state index is 13.4. The van der Waals surface area contributed by atoms with E-state index in [1.165, 1.54) is 34.3 Å². The number of hydrogen-bond donors (Lipinski definition) is 0. The van der Waals surface area contributed by atoms with Crippen molar-refractivity contribution in [1.29, 1.82) is 0 Å². The van der Waals surface area contributed by atoms with E-state index < -0.39 is 0 Å². The summed E-state index contributed by atoms with van der Waals surface area (Å²) < 4.78 is 21.2. The van der Waals surface area contributed by atoms with Crippen LogP contribution in [0, 0.1) is 5.82 Å². The Balaban J connectivity index is 1.32. The van der Waals surface area contributed by atoms with Crippen LogP contribution < -0.4 is 0 Å². The molecule has 6 nitrogen and oxygen atoms in total. The smallest absolute Gasteiger partial charge is 0.233 e. The number of fused-ring (bicyclic) bond motifs is 1. The largest absolute Gasteiger partial charge is 0.376 e. The molecule has 0 radical (unpaired) electrons. The number of aromatic nitrogens is 3. The van der Waals surface area contributed by atoms with Gasteiger partial charge in [0.05, 0.1) is 18.4 Å². The highest BCUT2D eigenvalue weighted by atomic mass is 32.2. The van der Waals surface area contributed by atoms with Gasteiger partial charge in [-0.3, -0.25) is 9.36 Å². The molecule has 2 aliphatic heterocycles. The topological polar surface area (TPSA) is 60.3 Å². The summed E-state index contributed by atoms with van der Waals surface area (Å²) >= 11 is 3.17. The Bertz CT molecular complexity index is 1060. The van der Waals surface area contributed by atoms with Gasteiger partial charge >= 0.3 is 0 Å². The maximum Gasteiger partial charge on any atom is 0.233 e. The molecule has 0 aliphatic carbocycles. The molecule has 2 aromatic heterocycles. The Kier molecular flexibility index (Phi) is 6.06. The minimum Gasteiger partial charge on any atom is -0.376 e. The third kappa shape index (κ3) is 4.53. The lowest BCUT2D eigenvalue weighted by Crippen LogP contribution is -2.36. The standard InChI is InChI=1S/C22H23FN4O2S2/c23-17-5-3-15(4-6-17)21-24-25-22(27(21)13-18-2-1-10-29-18)31-14-20(28)26-9-7-19-16(12-26)8-11-30-19/h3-6,8,11,18H,1-2,7,9-10,12-14H2/t18-/m0/s1. The van der Waals surface area contributed by atoms with Crippen molar-refractivity contribution in [2.45, 2.75) is 43.6 Å². The Morgan fingerprint density at radius 2 is 2.13 bits per heavy atom. The Morgan fingerprint density at radius 3 is 2.94 bits per heavy atom. The van der Waals surface area contributed by atoms with E-state index in [4.69, 9.17) is 4.74 Å². The van der Waals surface area contributed by atoms with Crippen LogP contribution in [0.1, 0.15) is 23.3 Å². The summed E-state index contributed by atoms with van der Waals surface area (Å²) in [6, 6.07) is 8.37. The molecule has 162 valence electrons. The van der Waals surface area contributed by atoms with Gasteiger partial charge in [0.15, 0.2) is 11.0 Å². The van der Waals surface area contributed by atoms with Crippen molar-refractivity contribution < 1.29 is 13.9 Å². The van der Waals surface area contributed by atoms with Crippen LogP contribution in [0.5, 0.6) is 0 Å². The highest BCUT2D eigenvalue weighted by Gasteiger charge is 2.25. The molecule has 3 aromatic rings. The molecule has 1 saturated heterocycles. The van der Waals surface area contributed by atoms with E-state index in [0.29, 0.717) is 29.8 Å². The van der Waals surface area contributed by atoms with Crippen LogP contribution in [0.15, 0.2) is 40.9 Å². The number of hydrogen-bond acceptors (Lipinski definition) is 6. The van der Waals surface area contributed by atoms with E-state index >= 15 is 0 Å². The summed E-state index contributed by atoms with van der Waals surface area (Å²) in [4.78, 5) is 16.2. The van der Waals surface area contributed by atoms with Gasteiger partial charge in [-0.2, -0.15) is 0 Å². The molecule has 4 heterocycles. The molecular formula is C22H23FN4O2S2. The van der Waals surface area contributed by atoms with E-state index in [2.05, 4.69) is 21.6 Å². The van der Waals surface area contributed by atoms with Crippen LogP contribution in [0.2, 0.25) is 0 Å². The van der Waals surface area contributed by atoms with Gasteiger partial charge in [-0.25, -0.2) is 4.39 Å². The first-order valence-electron chi connectivity index (χ1n) is 10.4. The van der Waals surface area contributed by atoms with Crippen molar-refractivity contribution >= 4 is 29.0 Å². The van der Waals surface area contributed by atoms with Crippen LogP contribution in [0.25, 0.3) is 11.4 Å². The molecule has 0 bridgehead atoms. The molecule has 0 N–H and O–H groups in total. The van der Waals surface area contributed by atoms with Gasteiger partial charge in [0, 0.05) is 30.1 Å². The van der Waals surface area contributed by atoms with Crippen LogP contribution in [-0.4, -0.2) is 50.6 Å². The molecule has 0 spiro atoms. The number of halogens is 1. The average Bonchev–Trinajstić information content (AvgIpc) is 3.54.